The molecule has 28 heavy (non-hydrogen) atoms. The van der Waals surface area contributed by atoms with E-state index in [1.54, 1.807) is 12.1 Å². The van der Waals surface area contributed by atoms with Gasteiger partial charge in [0.25, 0.3) is 0 Å². The van der Waals surface area contributed by atoms with E-state index in [0.29, 0.717) is 18.2 Å². The van der Waals surface area contributed by atoms with Gasteiger partial charge in [-0.3, -0.25) is 0 Å². The third kappa shape index (κ3) is 4.10. The van der Waals surface area contributed by atoms with Crippen LogP contribution in [0.3, 0.4) is 0 Å². The van der Waals surface area contributed by atoms with Crippen LogP contribution in [0.5, 0.6) is 5.75 Å². The summed E-state index contributed by atoms with van der Waals surface area (Å²) in [6, 6.07) is 26.2. The lowest BCUT2D eigenvalue weighted by Gasteiger charge is -2.16. The van der Waals surface area contributed by atoms with Crippen LogP contribution in [-0.4, -0.2) is 0 Å². The third-order valence-corrected chi connectivity index (χ3v) is 5.02. The Morgan fingerprint density at radius 3 is 2.39 bits per heavy atom. The Hall–Kier alpha value is -3.04. The van der Waals surface area contributed by atoms with E-state index in [-0.39, 0.29) is 5.82 Å². The molecule has 0 bridgehead atoms. The molecule has 0 atom stereocenters. The van der Waals surface area contributed by atoms with Crippen molar-refractivity contribution in [2.45, 2.75) is 13.2 Å². The zero-order chi connectivity index (χ0) is 19.3. The van der Waals surface area contributed by atoms with Gasteiger partial charge in [0.2, 0.25) is 0 Å². The molecular formula is C24H19ClFNO. The number of nitrogens with one attached hydrogen (secondary N) is 1. The van der Waals surface area contributed by atoms with Crippen molar-refractivity contribution in [2.75, 3.05) is 5.32 Å². The van der Waals surface area contributed by atoms with Gasteiger partial charge < -0.3 is 10.1 Å². The Balaban J connectivity index is 1.62. The van der Waals surface area contributed by atoms with Gasteiger partial charge in [-0.15, -0.1) is 0 Å². The Labute approximate surface area is 168 Å². The summed E-state index contributed by atoms with van der Waals surface area (Å²) < 4.78 is 19.3. The second kappa shape index (κ2) is 8.32. The van der Waals surface area contributed by atoms with E-state index in [0.717, 1.165) is 33.3 Å². The molecule has 0 spiro atoms. The number of hydrogen-bond acceptors (Lipinski definition) is 2. The van der Waals surface area contributed by atoms with E-state index in [2.05, 4.69) is 23.5 Å². The van der Waals surface area contributed by atoms with E-state index < -0.39 is 0 Å². The molecule has 0 aliphatic rings. The van der Waals surface area contributed by atoms with Crippen molar-refractivity contribution in [1.29, 1.82) is 0 Å². The van der Waals surface area contributed by atoms with Gasteiger partial charge in [-0.05, 0) is 47.2 Å². The molecule has 0 saturated carbocycles. The van der Waals surface area contributed by atoms with Crippen LogP contribution in [0.1, 0.15) is 11.1 Å². The van der Waals surface area contributed by atoms with E-state index >= 15 is 0 Å². The lowest BCUT2D eigenvalue weighted by atomic mass is 10.0. The lowest BCUT2D eigenvalue weighted by molar-refractivity contribution is 0.304. The standard InChI is InChI=1S/C24H19ClFNO/c25-23-8-4-2-6-18(23)16-28-24-14-9-17-5-1-3-7-21(17)22(24)15-27-20-12-10-19(26)11-13-20/h1-14,27H,15-16H2. The molecule has 0 aliphatic carbocycles. The molecule has 2 nitrogen and oxygen atoms in total. The summed E-state index contributed by atoms with van der Waals surface area (Å²) in [4.78, 5) is 0. The number of hydrogen-bond donors (Lipinski definition) is 1. The summed E-state index contributed by atoms with van der Waals surface area (Å²) in [5.41, 5.74) is 2.84. The fourth-order valence-corrected chi connectivity index (χ4v) is 3.35. The number of ether oxygens (including phenoxy) is 1. The van der Waals surface area contributed by atoms with Gasteiger partial charge in [0.05, 0.1) is 0 Å². The van der Waals surface area contributed by atoms with Gasteiger partial charge in [-0.2, -0.15) is 0 Å². The largest absolute Gasteiger partial charge is 0.488 e. The fraction of sp³-hybridized carbons (Fsp3) is 0.0833. The monoisotopic (exact) mass is 391 g/mol. The normalized spacial score (nSPS) is 10.8. The van der Waals surface area contributed by atoms with Gasteiger partial charge in [0.15, 0.2) is 0 Å². The Kier molecular flexibility index (Phi) is 5.45. The minimum absolute atomic E-state index is 0.250. The zero-order valence-electron chi connectivity index (χ0n) is 15.2. The Bertz CT molecular complexity index is 1100. The summed E-state index contributed by atoms with van der Waals surface area (Å²) in [6.45, 7) is 0.951. The molecule has 0 fully saturated rings. The summed E-state index contributed by atoms with van der Waals surface area (Å²) in [5.74, 6) is 0.549. The van der Waals surface area contributed by atoms with Crippen LogP contribution in [0.15, 0.2) is 84.9 Å². The molecular weight excluding hydrogens is 373 g/mol. The van der Waals surface area contributed by atoms with Crippen LogP contribution in [0.4, 0.5) is 10.1 Å². The van der Waals surface area contributed by atoms with E-state index in [1.807, 2.05) is 42.5 Å². The van der Waals surface area contributed by atoms with Crippen LogP contribution in [-0.2, 0) is 13.2 Å². The van der Waals surface area contributed by atoms with Crippen molar-refractivity contribution < 1.29 is 9.13 Å². The minimum atomic E-state index is -0.250. The van der Waals surface area contributed by atoms with Crippen LogP contribution in [0.2, 0.25) is 5.02 Å². The van der Waals surface area contributed by atoms with Crippen molar-refractivity contribution in [3.05, 3.63) is 107 Å². The summed E-state index contributed by atoms with van der Waals surface area (Å²) in [7, 11) is 0. The average Bonchev–Trinajstić information content (AvgIpc) is 2.73. The predicted molar refractivity (Wildman–Crippen MR) is 113 cm³/mol. The minimum Gasteiger partial charge on any atom is -0.488 e. The number of fused-ring (bicyclic) bond motifs is 1. The second-order valence-electron chi connectivity index (χ2n) is 6.50. The van der Waals surface area contributed by atoms with Gasteiger partial charge in [0.1, 0.15) is 18.2 Å². The maximum absolute atomic E-state index is 13.2. The maximum atomic E-state index is 13.2. The molecule has 0 radical (unpaired) electrons. The van der Waals surface area contributed by atoms with E-state index in [9.17, 15) is 4.39 Å². The summed E-state index contributed by atoms with van der Waals surface area (Å²) in [5, 5.41) is 6.31. The fourth-order valence-electron chi connectivity index (χ4n) is 3.16. The van der Waals surface area contributed by atoms with E-state index in [4.69, 9.17) is 16.3 Å². The molecule has 4 rings (SSSR count). The van der Waals surface area contributed by atoms with Crippen LogP contribution in [0.25, 0.3) is 10.8 Å². The predicted octanol–water partition coefficient (Wildman–Crippen LogP) is 6.82. The first-order valence-electron chi connectivity index (χ1n) is 9.07. The smallest absolute Gasteiger partial charge is 0.125 e. The summed E-state index contributed by atoms with van der Waals surface area (Å²) in [6.07, 6.45) is 0. The first-order valence-corrected chi connectivity index (χ1v) is 9.45. The number of anilines is 1. The summed E-state index contributed by atoms with van der Waals surface area (Å²) >= 11 is 6.26. The molecule has 0 aliphatic heterocycles. The van der Waals surface area contributed by atoms with Gasteiger partial charge in [0, 0.05) is 28.4 Å². The highest BCUT2D eigenvalue weighted by Crippen LogP contribution is 2.30. The SMILES string of the molecule is Fc1ccc(NCc2c(OCc3ccccc3Cl)ccc3ccccc23)cc1. The number of halogens is 2. The average molecular weight is 392 g/mol. The first-order chi connectivity index (χ1) is 13.7. The quantitative estimate of drug-likeness (QED) is 0.389. The molecule has 0 unspecified atom stereocenters. The van der Waals surface area contributed by atoms with Crippen molar-refractivity contribution in [3.8, 4) is 5.75 Å². The molecule has 4 heteroatoms. The molecule has 0 saturated heterocycles. The van der Waals surface area contributed by atoms with Crippen LogP contribution in [0, 0.1) is 5.82 Å². The first kappa shape index (κ1) is 18.3. The topological polar surface area (TPSA) is 21.3 Å². The molecule has 0 amide bonds. The second-order valence-corrected chi connectivity index (χ2v) is 6.91. The molecule has 4 aromatic carbocycles. The van der Waals surface area contributed by atoms with Gasteiger partial charge in [-0.25, -0.2) is 4.39 Å². The van der Waals surface area contributed by atoms with Crippen molar-refractivity contribution in [2.24, 2.45) is 0 Å². The Morgan fingerprint density at radius 2 is 1.57 bits per heavy atom. The highest BCUT2D eigenvalue weighted by atomic mass is 35.5. The third-order valence-electron chi connectivity index (χ3n) is 4.65. The van der Waals surface area contributed by atoms with Crippen LogP contribution >= 0.6 is 11.6 Å². The van der Waals surface area contributed by atoms with Crippen molar-refractivity contribution in [3.63, 3.8) is 0 Å². The maximum Gasteiger partial charge on any atom is 0.125 e. The number of rotatable bonds is 6. The Morgan fingerprint density at radius 1 is 0.821 bits per heavy atom. The molecule has 0 aromatic heterocycles. The highest BCUT2D eigenvalue weighted by Gasteiger charge is 2.10. The lowest BCUT2D eigenvalue weighted by Crippen LogP contribution is -2.05. The van der Waals surface area contributed by atoms with Gasteiger partial charge in [-0.1, -0.05) is 60.1 Å². The molecule has 0 heterocycles. The number of benzene rings is 4. The van der Waals surface area contributed by atoms with Crippen LogP contribution < -0.4 is 10.1 Å². The highest BCUT2D eigenvalue weighted by molar-refractivity contribution is 6.31. The molecule has 140 valence electrons. The molecule has 4 aromatic rings. The van der Waals surface area contributed by atoms with Crippen molar-refractivity contribution in [1.82, 2.24) is 0 Å². The molecule has 1 N–H and O–H groups in total. The van der Waals surface area contributed by atoms with E-state index in [1.165, 1.54) is 12.1 Å². The van der Waals surface area contributed by atoms with Crippen molar-refractivity contribution >= 4 is 28.1 Å². The zero-order valence-corrected chi connectivity index (χ0v) is 15.9. The van der Waals surface area contributed by atoms with Gasteiger partial charge >= 0.3 is 0 Å².